The molecule has 0 bridgehead atoms. The van der Waals surface area contributed by atoms with Crippen molar-refractivity contribution in [2.45, 2.75) is 0 Å². The van der Waals surface area contributed by atoms with E-state index in [1.807, 2.05) is 71.3 Å². The number of nitrogens with zero attached hydrogens (tertiary/aromatic N) is 2. The van der Waals surface area contributed by atoms with Crippen LogP contribution in [0.1, 0.15) is 5.48 Å². The molecule has 0 saturated carbocycles. The van der Waals surface area contributed by atoms with E-state index in [1.54, 1.807) is 11.3 Å². The van der Waals surface area contributed by atoms with E-state index in [4.69, 9.17) is 0 Å². The molecule has 0 aliphatic rings. The molecule has 0 N–H and O–H groups in total. The lowest BCUT2D eigenvalue weighted by atomic mass is 10.1. The van der Waals surface area contributed by atoms with Crippen LogP contribution in [0.25, 0.3) is 86.3 Å². The number of para-hydroxylation sites is 3. The van der Waals surface area contributed by atoms with Gasteiger partial charge in [0.05, 0.1) is 37.9 Å². The summed E-state index contributed by atoms with van der Waals surface area (Å²) in [5.74, 6) is 0. The molecular formula is C60H40N2SSi. The van der Waals surface area contributed by atoms with Gasteiger partial charge in [-0.15, -0.1) is 11.3 Å². The molecule has 0 fully saturated rings. The van der Waals surface area contributed by atoms with Gasteiger partial charge >= 0.3 is 0 Å². The fourth-order valence-electron chi connectivity index (χ4n) is 10.4. The van der Waals surface area contributed by atoms with Gasteiger partial charge in [-0.3, -0.25) is 0 Å². The molecule has 13 aromatic rings. The van der Waals surface area contributed by atoms with Crippen molar-refractivity contribution in [1.29, 1.82) is 0 Å². The SMILES string of the molecule is [2H]c1c([2H])c([Si](c2ccccc2)(c2ccccc2)c2cccc(-c3ccccc3)c2)c([2H])c([2H])c1-n1c2ccccc2c2cc(-n3c4ccccc4c4ccccc43)c3sc4ccccc4c3c21. The van der Waals surface area contributed by atoms with E-state index in [9.17, 15) is 5.48 Å². The third-order valence-corrected chi connectivity index (χ3v) is 18.9. The Kier molecular flexibility index (Phi) is 7.54. The van der Waals surface area contributed by atoms with Crippen molar-refractivity contribution in [2.75, 3.05) is 0 Å². The van der Waals surface area contributed by atoms with Crippen LogP contribution in [0.5, 0.6) is 0 Å². The average molecular weight is 853 g/mol. The van der Waals surface area contributed by atoms with E-state index in [2.05, 4.69) is 156 Å². The maximum atomic E-state index is 10.4. The van der Waals surface area contributed by atoms with Crippen molar-refractivity contribution in [2.24, 2.45) is 0 Å². The van der Waals surface area contributed by atoms with Crippen molar-refractivity contribution >= 4 is 104 Å². The Bertz CT molecular complexity index is 4020. The molecule has 3 heterocycles. The molecule has 10 aromatic carbocycles. The zero-order chi connectivity index (χ0) is 45.7. The molecule has 300 valence electrons. The minimum absolute atomic E-state index is 0.0373. The number of hydrogen-bond acceptors (Lipinski definition) is 1. The summed E-state index contributed by atoms with van der Waals surface area (Å²) in [7, 11) is -3.61. The van der Waals surface area contributed by atoms with Gasteiger partial charge in [-0.2, -0.15) is 0 Å². The Morgan fingerprint density at radius 2 is 0.859 bits per heavy atom. The standard InChI is InChI=1S/C60H40N2SSi/c1-4-19-41(20-5-1)42-21-18-26-47(39-42)64(44-22-6-2-7-23-44,45-24-8-3-9-25-45)46-37-35-43(36-38-46)61-53-31-14-12-29-50(53)52-40-56(60-58(59(52)61)51-30-13-17-34-57(51)63-60)62-54-32-15-10-27-48(54)49-28-11-16-33-55(49)62/h1-40H/i35D,36D,37D,38D. The Morgan fingerprint density at radius 1 is 0.375 bits per heavy atom. The van der Waals surface area contributed by atoms with Gasteiger partial charge in [0, 0.05) is 42.7 Å². The monoisotopic (exact) mass is 852 g/mol. The summed E-state index contributed by atoms with van der Waals surface area (Å²) in [5.41, 5.74) is 7.29. The van der Waals surface area contributed by atoms with Gasteiger partial charge in [0.2, 0.25) is 0 Å². The zero-order valence-electron chi connectivity index (χ0n) is 38.6. The van der Waals surface area contributed by atoms with Crippen molar-refractivity contribution in [3.8, 4) is 22.5 Å². The van der Waals surface area contributed by atoms with Crippen LogP contribution in [-0.4, -0.2) is 17.2 Å². The van der Waals surface area contributed by atoms with Crippen LogP contribution in [0, 0.1) is 0 Å². The van der Waals surface area contributed by atoms with Gasteiger partial charge in [0.1, 0.15) is 0 Å². The van der Waals surface area contributed by atoms with Crippen LogP contribution >= 0.6 is 11.3 Å². The maximum absolute atomic E-state index is 10.4. The second kappa shape index (κ2) is 14.7. The number of hydrogen-bond donors (Lipinski definition) is 0. The topological polar surface area (TPSA) is 9.86 Å². The van der Waals surface area contributed by atoms with Crippen molar-refractivity contribution in [1.82, 2.24) is 9.13 Å². The lowest BCUT2D eigenvalue weighted by Crippen LogP contribution is -2.74. The van der Waals surface area contributed by atoms with Crippen LogP contribution in [0.3, 0.4) is 0 Å². The van der Waals surface area contributed by atoms with E-state index in [1.165, 1.54) is 10.8 Å². The van der Waals surface area contributed by atoms with E-state index < -0.39 is 8.07 Å². The summed E-state index contributed by atoms with van der Waals surface area (Å²) >= 11 is 1.75. The quantitative estimate of drug-likeness (QED) is 0.112. The maximum Gasteiger partial charge on any atom is 0.179 e. The summed E-state index contributed by atoms with van der Waals surface area (Å²) in [6.45, 7) is 0. The molecule has 0 aliphatic heterocycles. The van der Waals surface area contributed by atoms with Crippen molar-refractivity contribution in [3.63, 3.8) is 0 Å². The summed E-state index contributed by atoms with van der Waals surface area (Å²) < 4.78 is 48.1. The summed E-state index contributed by atoms with van der Waals surface area (Å²) in [6.07, 6.45) is 0. The lowest BCUT2D eigenvalue weighted by molar-refractivity contribution is 1.18. The molecule has 13 rings (SSSR count). The third kappa shape index (κ3) is 5.43. The highest BCUT2D eigenvalue weighted by Crippen LogP contribution is 2.47. The van der Waals surface area contributed by atoms with Gasteiger partial charge in [-0.05, 0) is 74.3 Å². The third-order valence-electron chi connectivity index (χ3n) is 13.1. The fraction of sp³-hybridized carbons (Fsp3) is 0. The normalized spacial score (nSPS) is 12.9. The lowest BCUT2D eigenvalue weighted by Gasteiger charge is -2.35. The molecule has 0 aliphatic carbocycles. The first-order chi connectivity index (χ1) is 33.4. The van der Waals surface area contributed by atoms with Crippen LogP contribution in [0.2, 0.25) is 0 Å². The molecule has 0 unspecified atom stereocenters. The molecule has 0 radical (unpaired) electrons. The van der Waals surface area contributed by atoms with E-state index in [0.717, 1.165) is 85.4 Å². The van der Waals surface area contributed by atoms with Crippen LogP contribution in [0.4, 0.5) is 0 Å². The Morgan fingerprint density at radius 3 is 1.48 bits per heavy atom. The first-order valence-corrected chi connectivity index (χ1v) is 24.5. The van der Waals surface area contributed by atoms with E-state index in [-0.39, 0.29) is 29.9 Å². The molecule has 3 aromatic heterocycles. The van der Waals surface area contributed by atoms with Gasteiger partial charge in [0.15, 0.2) is 8.07 Å². The average Bonchev–Trinajstić information content (AvgIpc) is 4.06. The molecule has 0 amide bonds. The number of aromatic nitrogens is 2. The highest BCUT2D eigenvalue weighted by molar-refractivity contribution is 7.26. The number of fused-ring (bicyclic) bond motifs is 10. The first kappa shape index (κ1) is 32.9. The van der Waals surface area contributed by atoms with E-state index in [0.29, 0.717) is 5.19 Å². The predicted molar refractivity (Wildman–Crippen MR) is 277 cm³/mol. The largest absolute Gasteiger partial charge is 0.309 e. The molecule has 0 atom stereocenters. The Hall–Kier alpha value is -7.76. The second-order valence-corrected chi connectivity index (χ2v) is 21.3. The second-order valence-electron chi connectivity index (χ2n) is 16.5. The van der Waals surface area contributed by atoms with Gasteiger partial charge in [0.25, 0.3) is 0 Å². The summed E-state index contributed by atoms with van der Waals surface area (Å²) in [5, 5.41) is 9.77. The molecule has 64 heavy (non-hydrogen) atoms. The highest BCUT2D eigenvalue weighted by Gasteiger charge is 2.41. The number of thiophene rings is 1. The summed E-state index contributed by atoms with van der Waals surface area (Å²) in [6, 6.07) is 75.3. The Balaban J connectivity index is 1.16. The summed E-state index contributed by atoms with van der Waals surface area (Å²) in [4.78, 5) is 0. The number of rotatable bonds is 7. The van der Waals surface area contributed by atoms with Crippen molar-refractivity contribution < 1.29 is 5.48 Å². The van der Waals surface area contributed by atoms with Gasteiger partial charge in [-0.25, -0.2) is 0 Å². The molecule has 0 spiro atoms. The molecule has 4 heteroatoms. The number of benzene rings is 10. The molecular weight excluding hydrogens is 809 g/mol. The smallest absolute Gasteiger partial charge is 0.179 e. The molecule has 0 saturated heterocycles. The van der Waals surface area contributed by atoms with Crippen LogP contribution in [0.15, 0.2) is 243 Å². The van der Waals surface area contributed by atoms with Crippen LogP contribution in [-0.2, 0) is 0 Å². The fourth-order valence-corrected chi connectivity index (χ4v) is 16.1. The van der Waals surface area contributed by atoms with Crippen molar-refractivity contribution in [3.05, 3.63) is 243 Å². The van der Waals surface area contributed by atoms with Gasteiger partial charge < -0.3 is 9.13 Å². The Labute approximate surface area is 381 Å². The highest BCUT2D eigenvalue weighted by atomic mass is 32.1. The van der Waals surface area contributed by atoms with Gasteiger partial charge in [-0.1, -0.05) is 200 Å². The zero-order valence-corrected chi connectivity index (χ0v) is 36.4. The predicted octanol–water partition coefficient (Wildman–Crippen LogP) is 13.3. The minimum atomic E-state index is -3.61. The van der Waals surface area contributed by atoms with E-state index >= 15 is 0 Å². The minimum Gasteiger partial charge on any atom is -0.309 e. The first-order valence-electron chi connectivity index (χ1n) is 23.7. The van der Waals surface area contributed by atoms with Crippen LogP contribution < -0.4 is 20.7 Å². The molecule has 2 nitrogen and oxygen atoms in total.